The number of hydrogen-bond donors (Lipinski definition) is 3. The van der Waals surface area contributed by atoms with Crippen molar-refractivity contribution in [3.8, 4) is 0 Å². The molecule has 0 heterocycles. The van der Waals surface area contributed by atoms with E-state index in [1.807, 2.05) is 6.08 Å². The van der Waals surface area contributed by atoms with E-state index < -0.39 is 12.1 Å². The van der Waals surface area contributed by atoms with Gasteiger partial charge in [-0.2, -0.15) is 0 Å². The monoisotopic (exact) mass is 858 g/mol. The van der Waals surface area contributed by atoms with E-state index in [1.54, 1.807) is 6.08 Å². The highest BCUT2D eigenvalue weighted by molar-refractivity contribution is 5.76. The molecule has 6 nitrogen and oxygen atoms in total. The summed E-state index contributed by atoms with van der Waals surface area (Å²) in [6, 6.07) is -0.634. The molecule has 0 aliphatic heterocycles. The van der Waals surface area contributed by atoms with E-state index >= 15 is 0 Å². The Hall–Kier alpha value is -1.92. The Kier molecular flexibility index (Phi) is 49.1. The fraction of sp³-hybridized carbons (Fsp3) is 0.855. The average molecular weight is 858 g/mol. The highest BCUT2D eigenvalue weighted by Gasteiger charge is 2.18. The average Bonchev–Trinajstić information content (AvgIpc) is 3.26. The zero-order valence-corrected chi connectivity index (χ0v) is 40.6. The van der Waals surface area contributed by atoms with Crippen molar-refractivity contribution in [2.24, 2.45) is 0 Å². The normalized spacial score (nSPS) is 12.9. The predicted molar refractivity (Wildman–Crippen MR) is 264 cm³/mol. The fourth-order valence-corrected chi connectivity index (χ4v) is 8.04. The minimum absolute atomic E-state index is 0.0132. The Morgan fingerprint density at radius 3 is 1.21 bits per heavy atom. The van der Waals surface area contributed by atoms with Crippen LogP contribution in [0, 0.1) is 0 Å². The summed E-state index contributed by atoms with van der Waals surface area (Å²) in [7, 11) is 0. The first kappa shape index (κ1) is 59.1. The Balaban J connectivity index is 3.50. The molecule has 0 saturated heterocycles. The van der Waals surface area contributed by atoms with E-state index in [1.165, 1.54) is 173 Å². The molecule has 0 saturated carbocycles. The number of carbonyl (C=O) groups excluding carboxylic acids is 2. The van der Waals surface area contributed by atoms with Crippen molar-refractivity contribution in [1.82, 2.24) is 5.32 Å². The number of nitrogens with one attached hydrogen (secondary N) is 1. The van der Waals surface area contributed by atoms with Crippen LogP contribution in [0.3, 0.4) is 0 Å². The SMILES string of the molecule is CCCCCCCCCCCC/C=C/C(O)C(CO)NC(=O)CCCCCCCCCCCC/C=C\C=C/CCCCCOC(=O)CCCCCCCCCCCCCCC. The van der Waals surface area contributed by atoms with Crippen LogP contribution in [0.2, 0.25) is 0 Å². The summed E-state index contributed by atoms with van der Waals surface area (Å²) in [6.07, 6.45) is 61.5. The van der Waals surface area contributed by atoms with Crippen LogP contribution in [0.5, 0.6) is 0 Å². The first-order chi connectivity index (χ1) is 30.0. The number of aliphatic hydroxyl groups excluding tert-OH is 2. The first-order valence-corrected chi connectivity index (χ1v) is 26.8. The molecule has 0 rings (SSSR count). The van der Waals surface area contributed by atoms with Crippen molar-refractivity contribution in [3.05, 3.63) is 36.5 Å². The number of aliphatic hydroxyl groups is 2. The number of ether oxygens (including phenoxy) is 1. The van der Waals surface area contributed by atoms with Crippen LogP contribution in [0.1, 0.15) is 277 Å². The first-order valence-electron chi connectivity index (χ1n) is 26.8. The van der Waals surface area contributed by atoms with Crippen LogP contribution in [-0.2, 0) is 14.3 Å². The number of unbranched alkanes of at least 4 members (excludes halogenated alkanes) is 35. The molecule has 2 atom stereocenters. The van der Waals surface area contributed by atoms with E-state index in [4.69, 9.17) is 4.74 Å². The molecule has 0 aromatic rings. The van der Waals surface area contributed by atoms with Crippen LogP contribution in [-0.4, -0.2) is 47.4 Å². The number of amides is 1. The lowest BCUT2D eigenvalue weighted by molar-refractivity contribution is -0.143. The molecule has 0 aliphatic carbocycles. The van der Waals surface area contributed by atoms with Gasteiger partial charge in [0.1, 0.15) is 0 Å². The number of hydrogen-bond acceptors (Lipinski definition) is 5. The van der Waals surface area contributed by atoms with Crippen LogP contribution in [0.15, 0.2) is 36.5 Å². The lowest BCUT2D eigenvalue weighted by atomic mass is 10.0. The van der Waals surface area contributed by atoms with Gasteiger partial charge in [-0.05, 0) is 64.2 Å². The van der Waals surface area contributed by atoms with Gasteiger partial charge in [-0.1, -0.05) is 237 Å². The smallest absolute Gasteiger partial charge is 0.305 e. The number of esters is 1. The molecule has 3 N–H and O–H groups in total. The van der Waals surface area contributed by atoms with Gasteiger partial charge < -0.3 is 20.3 Å². The van der Waals surface area contributed by atoms with Gasteiger partial charge in [0, 0.05) is 12.8 Å². The van der Waals surface area contributed by atoms with Gasteiger partial charge in [-0.15, -0.1) is 0 Å². The number of allylic oxidation sites excluding steroid dienone is 5. The van der Waals surface area contributed by atoms with Gasteiger partial charge in [0.2, 0.25) is 5.91 Å². The summed E-state index contributed by atoms with van der Waals surface area (Å²) in [5, 5.41) is 23.0. The minimum atomic E-state index is -0.850. The lowest BCUT2D eigenvalue weighted by Crippen LogP contribution is -2.45. The largest absolute Gasteiger partial charge is 0.466 e. The summed E-state index contributed by atoms with van der Waals surface area (Å²) in [5.41, 5.74) is 0. The third-order valence-electron chi connectivity index (χ3n) is 12.2. The van der Waals surface area contributed by atoms with Crippen molar-refractivity contribution < 1.29 is 24.5 Å². The van der Waals surface area contributed by atoms with Crippen LogP contribution in [0.25, 0.3) is 0 Å². The van der Waals surface area contributed by atoms with Crippen molar-refractivity contribution in [2.45, 2.75) is 289 Å². The molecule has 0 aromatic carbocycles. The van der Waals surface area contributed by atoms with E-state index in [9.17, 15) is 19.8 Å². The fourth-order valence-electron chi connectivity index (χ4n) is 8.04. The molecule has 2 unspecified atom stereocenters. The maximum absolute atomic E-state index is 12.4. The molecular formula is C55H103NO5. The van der Waals surface area contributed by atoms with Crippen molar-refractivity contribution in [2.75, 3.05) is 13.2 Å². The second-order valence-corrected chi connectivity index (χ2v) is 18.2. The topological polar surface area (TPSA) is 95.9 Å². The van der Waals surface area contributed by atoms with Gasteiger partial charge in [0.15, 0.2) is 0 Å². The van der Waals surface area contributed by atoms with Gasteiger partial charge in [-0.3, -0.25) is 9.59 Å². The summed E-state index contributed by atoms with van der Waals surface area (Å²) in [4.78, 5) is 24.4. The molecule has 358 valence electrons. The summed E-state index contributed by atoms with van der Waals surface area (Å²) in [6.45, 7) is 4.85. The molecule has 6 heteroatoms. The molecule has 0 fully saturated rings. The Morgan fingerprint density at radius 2 is 0.803 bits per heavy atom. The zero-order valence-electron chi connectivity index (χ0n) is 40.6. The molecule has 0 aliphatic rings. The van der Waals surface area contributed by atoms with Gasteiger partial charge >= 0.3 is 5.97 Å². The van der Waals surface area contributed by atoms with Crippen LogP contribution >= 0.6 is 0 Å². The van der Waals surface area contributed by atoms with Crippen molar-refractivity contribution in [3.63, 3.8) is 0 Å². The predicted octanol–water partition coefficient (Wildman–Crippen LogP) is 16.1. The van der Waals surface area contributed by atoms with E-state index in [2.05, 4.69) is 43.5 Å². The van der Waals surface area contributed by atoms with Gasteiger partial charge in [-0.25, -0.2) is 0 Å². The standard InChI is InChI=1S/C55H103NO5/c1-3-5-7-9-11-13-15-24-29-33-37-41-45-49-55(60)61-50-46-42-38-34-30-26-23-21-19-17-18-20-22-25-28-32-36-40-44-48-54(59)56-52(51-57)53(58)47-43-39-35-31-27-16-14-12-10-8-6-4-2/h21,23,26,30,43,47,52-53,57-58H,3-20,22,24-25,27-29,31-42,44-46,48-51H2,1-2H3,(H,56,59)/b23-21-,30-26-,47-43+. The quantitative estimate of drug-likeness (QED) is 0.0245. The van der Waals surface area contributed by atoms with Crippen LogP contribution in [0.4, 0.5) is 0 Å². The van der Waals surface area contributed by atoms with E-state index in [0.29, 0.717) is 19.4 Å². The summed E-state index contributed by atoms with van der Waals surface area (Å²) in [5.74, 6) is -0.0922. The molecule has 1 amide bonds. The summed E-state index contributed by atoms with van der Waals surface area (Å²) < 4.78 is 5.44. The van der Waals surface area contributed by atoms with Gasteiger partial charge in [0.25, 0.3) is 0 Å². The molecule has 0 spiro atoms. The highest BCUT2D eigenvalue weighted by Crippen LogP contribution is 2.16. The Bertz CT molecular complexity index is 993. The number of carbonyl (C=O) groups is 2. The Labute approximate surface area is 379 Å². The van der Waals surface area contributed by atoms with Gasteiger partial charge in [0.05, 0.1) is 25.4 Å². The zero-order chi connectivity index (χ0) is 44.4. The Morgan fingerprint density at radius 1 is 0.459 bits per heavy atom. The maximum Gasteiger partial charge on any atom is 0.305 e. The third kappa shape index (κ3) is 47.4. The second kappa shape index (κ2) is 50.7. The second-order valence-electron chi connectivity index (χ2n) is 18.2. The van der Waals surface area contributed by atoms with E-state index in [-0.39, 0.29) is 18.5 Å². The summed E-state index contributed by atoms with van der Waals surface area (Å²) >= 11 is 0. The number of rotatable bonds is 49. The maximum atomic E-state index is 12.4. The van der Waals surface area contributed by atoms with Crippen molar-refractivity contribution >= 4 is 11.9 Å². The molecule has 61 heavy (non-hydrogen) atoms. The molecule has 0 radical (unpaired) electrons. The third-order valence-corrected chi connectivity index (χ3v) is 12.2. The lowest BCUT2D eigenvalue weighted by Gasteiger charge is -2.20. The molecular weight excluding hydrogens is 755 g/mol. The van der Waals surface area contributed by atoms with E-state index in [0.717, 1.165) is 77.0 Å². The highest BCUT2D eigenvalue weighted by atomic mass is 16.5. The minimum Gasteiger partial charge on any atom is -0.466 e. The van der Waals surface area contributed by atoms with Crippen molar-refractivity contribution in [1.29, 1.82) is 0 Å². The molecule has 0 aromatic heterocycles. The molecule has 0 bridgehead atoms. The van der Waals surface area contributed by atoms with Crippen LogP contribution < -0.4 is 5.32 Å².